The van der Waals surface area contributed by atoms with E-state index in [4.69, 9.17) is 0 Å². The maximum atomic E-state index is 11.0. The van der Waals surface area contributed by atoms with Crippen molar-refractivity contribution in [1.82, 2.24) is 0 Å². The summed E-state index contributed by atoms with van der Waals surface area (Å²) in [6.45, 7) is 0. The van der Waals surface area contributed by atoms with Crippen molar-refractivity contribution >= 4 is 18.0 Å². The average molecular weight is 249 g/mol. The van der Waals surface area contributed by atoms with Crippen LogP contribution in [0.1, 0.15) is 23.7 Å². The van der Waals surface area contributed by atoms with Crippen LogP contribution in [0.15, 0.2) is 30.3 Å². The third-order valence-corrected chi connectivity index (χ3v) is 2.32. The Morgan fingerprint density at radius 1 is 1.39 bits per heavy atom. The minimum atomic E-state index is -1.27. The van der Waals surface area contributed by atoms with E-state index in [0.717, 1.165) is 6.08 Å². The number of carboxylic acid groups (broad SMARTS) is 1. The molecule has 5 heteroatoms. The van der Waals surface area contributed by atoms with Crippen LogP contribution in [0.2, 0.25) is 0 Å². The molecule has 0 spiro atoms. The lowest BCUT2D eigenvalue weighted by Gasteiger charge is -2.09. The molecule has 1 atom stereocenters. The first-order chi connectivity index (χ1) is 8.52. The number of aliphatic hydroxyl groups excluding tert-OH is 1. The molecule has 5 nitrogen and oxygen atoms in total. The standard InChI is InChI=1S/C13H14O5/c1-18-13(17)8-11(14)10-5-2-9(3-6-10)4-7-12(15)16/h2-7,11,14H,8H2,1H3,(H,15,16)/p-1/b7-4+. The molecule has 1 unspecified atom stereocenters. The highest BCUT2D eigenvalue weighted by molar-refractivity contribution is 5.83. The molecule has 1 N–H and O–H groups in total. The molecule has 0 amide bonds. The van der Waals surface area contributed by atoms with Crippen molar-refractivity contribution in [3.8, 4) is 0 Å². The number of aliphatic hydroxyl groups is 1. The molecule has 18 heavy (non-hydrogen) atoms. The number of benzene rings is 1. The van der Waals surface area contributed by atoms with Crippen molar-refractivity contribution in [2.45, 2.75) is 12.5 Å². The number of rotatable bonds is 5. The van der Waals surface area contributed by atoms with E-state index in [0.29, 0.717) is 11.1 Å². The maximum Gasteiger partial charge on any atom is 0.308 e. The van der Waals surface area contributed by atoms with Crippen LogP contribution in [-0.4, -0.2) is 24.2 Å². The van der Waals surface area contributed by atoms with Crippen LogP contribution in [0.3, 0.4) is 0 Å². The van der Waals surface area contributed by atoms with Gasteiger partial charge in [-0.3, -0.25) is 4.79 Å². The van der Waals surface area contributed by atoms with Gasteiger partial charge in [-0.2, -0.15) is 0 Å². The largest absolute Gasteiger partial charge is 0.545 e. The Morgan fingerprint density at radius 3 is 2.50 bits per heavy atom. The quantitative estimate of drug-likeness (QED) is 0.588. The van der Waals surface area contributed by atoms with E-state index in [1.54, 1.807) is 24.3 Å². The molecule has 0 aromatic heterocycles. The molecular weight excluding hydrogens is 236 g/mol. The molecule has 0 fully saturated rings. The molecule has 0 saturated carbocycles. The summed E-state index contributed by atoms with van der Waals surface area (Å²) < 4.78 is 4.45. The molecule has 0 saturated heterocycles. The summed E-state index contributed by atoms with van der Waals surface area (Å²) in [5.74, 6) is -1.77. The molecule has 1 rings (SSSR count). The molecule has 0 aliphatic heterocycles. The number of hydrogen-bond acceptors (Lipinski definition) is 5. The van der Waals surface area contributed by atoms with Crippen LogP contribution in [-0.2, 0) is 14.3 Å². The fraction of sp³-hybridized carbons (Fsp3) is 0.231. The molecular formula is C13H13O5-. The van der Waals surface area contributed by atoms with E-state index in [1.165, 1.54) is 13.2 Å². The summed E-state index contributed by atoms with van der Waals surface area (Å²) in [6, 6.07) is 6.50. The van der Waals surface area contributed by atoms with E-state index >= 15 is 0 Å². The van der Waals surface area contributed by atoms with Crippen molar-refractivity contribution in [1.29, 1.82) is 0 Å². The summed E-state index contributed by atoms with van der Waals surface area (Å²) in [6.07, 6.45) is 1.24. The third kappa shape index (κ3) is 4.39. The molecule has 0 aliphatic rings. The summed E-state index contributed by atoms with van der Waals surface area (Å²) >= 11 is 0. The molecule has 1 aromatic carbocycles. The number of methoxy groups -OCH3 is 1. The van der Waals surface area contributed by atoms with Crippen LogP contribution in [0.5, 0.6) is 0 Å². The van der Waals surface area contributed by atoms with Gasteiger partial charge in [0, 0.05) is 0 Å². The minimum absolute atomic E-state index is 0.120. The Hall–Kier alpha value is -2.14. The number of ether oxygens (including phenoxy) is 1. The van der Waals surface area contributed by atoms with Gasteiger partial charge in [-0.15, -0.1) is 0 Å². The van der Waals surface area contributed by atoms with Crippen LogP contribution < -0.4 is 5.11 Å². The van der Waals surface area contributed by atoms with Crippen LogP contribution >= 0.6 is 0 Å². The van der Waals surface area contributed by atoms with E-state index < -0.39 is 18.0 Å². The lowest BCUT2D eigenvalue weighted by Crippen LogP contribution is -2.18. The predicted molar refractivity (Wildman–Crippen MR) is 62.1 cm³/mol. The molecule has 96 valence electrons. The van der Waals surface area contributed by atoms with Gasteiger partial charge in [0.05, 0.1) is 25.6 Å². The molecule has 0 heterocycles. The first-order valence-corrected chi connectivity index (χ1v) is 5.27. The van der Waals surface area contributed by atoms with Gasteiger partial charge in [0.15, 0.2) is 0 Å². The zero-order valence-electron chi connectivity index (χ0n) is 9.83. The number of aliphatic carboxylic acids is 1. The maximum absolute atomic E-state index is 11.0. The van der Waals surface area contributed by atoms with Crippen LogP contribution in [0.4, 0.5) is 0 Å². The lowest BCUT2D eigenvalue weighted by atomic mass is 10.0. The van der Waals surface area contributed by atoms with Gasteiger partial charge in [-0.05, 0) is 17.2 Å². The predicted octanol–water partition coefficient (Wildman–Crippen LogP) is 0.0462. The van der Waals surface area contributed by atoms with Crippen molar-refractivity contribution in [3.63, 3.8) is 0 Å². The number of carbonyl (C=O) groups excluding carboxylic acids is 2. The highest BCUT2D eigenvalue weighted by atomic mass is 16.5. The van der Waals surface area contributed by atoms with Crippen molar-refractivity contribution in [3.05, 3.63) is 41.5 Å². The number of carbonyl (C=O) groups is 2. The average Bonchev–Trinajstić information content (AvgIpc) is 2.36. The highest BCUT2D eigenvalue weighted by Gasteiger charge is 2.12. The van der Waals surface area contributed by atoms with E-state index in [1.807, 2.05) is 0 Å². The summed E-state index contributed by atoms with van der Waals surface area (Å²) in [5.41, 5.74) is 1.22. The van der Waals surface area contributed by atoms with Gasteiger partial charge in [0.1, 0.15) is 0 Å². The normalized spacial score (nSPS) is 12.3. The number of carboxylic acids is 1. The molecule has 0 radical (unpaired) electrons. The van der Waals surface area contributed by atoms with Crippen molar-refractivity contribution < 1.29 is 24.5 Å². The molecule has 0 bridgehead atoms. The number of hydrogen-bond donors (Lipinski definition) is 1. The van der Waals surface area contributed by atoms with Gasteiger partial charge in [-0.1, -0.05) is 30.3 Å². The second kappa shape index (κ2) is 6.56. The van der Waals surface area contributed by atoms with Gasteiger partial charge in [-0.25, -0.2) is 0 Å². The van der Waals surface area contributed by atoms with Crippen molar-refractivity contribution in [2.24, 2.45) is 0 Å². The smallest absolute Gasteiger partial charge is 0.308 e. The van der Waals surface area contributed by atoms with Crippen LogP contribution in [0.25, 0.3) is 6.08 Å². The zero-order valence-corrected chi connectivity index (χ0v) is 9.83. The van der Waals surface area contributed by atoms with E-state index in [2.05, 4.69) is 4.74 Å². The summed E-state index contributed by atoms with van der Waals surface area (Å²) in [5, 5.41) is 19.9. The Bertz CT molecular complexity index is 447. The Balaban J connectivity index is 2.70. The van der Waals surface area contributed by atoms with E-state index in [-0.39, 0.29) is 6.42 Å². The zero-order chi connectivity index (χ0) is 13.5. The SMILES string of the molecule is COC(=O)CC(O)c1ccc(/C=C/C(=O)[O-])cc1. The second-order valence-corrected chi connectivity index (χ2v) is 3.62. The van der Waals surface area contributed by atoms with Crippen molar-refractivity contribution in [2.75, 3.05) is 7.11 Å². The fourth-order valence-corrected chi connectivity index (χ4v) is 1.35. The van der Waals surface area contributed by atoms with Gasteiger partial charge >= 0.3 is 5.97 Å². The third-order valence-electron chi connectivity index (χ3n) is 2.32. The Morgan fingerprint density at radius 2 is 2.00 bits per heavy atom. The monoisotopic (exact) mass is 249 g/mol. The fourth-order valence-electron chi connectivity index (χ4n) is 1.35. The minimum Gasteiger partial charge on any atom is -0.545 e. The summed E-state index contributed by atoms with van der Waals surface area (Å²) in [4.78, 5) is 21.2. The lowest BCUT2D eigenvalue weighted by molar-refractivity contribution is -0.297. The molecule has 1 aromatic rings. The second-order valence-electron chi connectivity index (χ2n) is 3.62. The van der Waals surface area contributed by atoms with Gasteiger partial charge < -0.3 is 19.7 Å². The molecule has 0 aliphatic carbocycles. The first-order valence-electron chi connectivity index (χ1n) is 5.27. The summed E-state index contributed by atoms with van der Waals surface area (Å²) in [7, 11) is 1.25. The van der Waals surface area contributed by atoms with E-state index in [9.17, 15) is 19.8 Å². The van der Waals surface area contributed by atoms with Gasteiger partial charge in [0.2, 0.25) is 0 Å². The topological polar surface area (TPSA) is 86.7 Å². The number of esters is 1. The Kier molecular flexibility index (Phi) is 5.07. The van der Waals surface area contributed by atoms with Crippen LogP contribution in [0, 0.1) is 0 Å². The highest BCUT2D eigenvalue weighted by Crippen LogP contribution is 2.18. The first kappa shape index (κ1) is 13.9. The van der Waals surface area contributed by atoms with Gasteiger partial charge in [0.25, 0.3) is 0 Å². The Labute approximate surface area is 104 Å².